The lowest BCUT2D eigenvalue weighted by molar-refractivity contribution is -0.385. The molecule has 6 heteroatoms. The first-order valence-corrected chi connectivity index (χ1v) is 5.80. The highest BCUT2D eigenvalue weighted by Gasteiger charge is 2.18. The number of nitro benzene ring substituents is 1. The molecule has 0 aliphatic rings. The van der Waals surface area contributed by atoms with Gasteiger partial charge in [0.05, 0.1) is 23.3 Å². The standard InChI is InChI=1S/C13H19N3O3/c1-9(5-6-15(2)3)10-7-13(19-4)11(14)8-12(10)16(17)18/h5,7-8H,6,14H2,1-4H3/b9-5+. The number of ether oxygens (including phenoxy) is 1. The molecule has 0 aliphatic heterocycles. The van der Waals surface area contributed by atoms with Crippen molar-refractivity contribution in [2.45, 2.75) is 6.92 Å². The third kappa shape index (κ3) is 3.69. The molecule has 0 unspecified atom stereocenters. The molecule has 0 aromatic heterocycles. The molecule has 2 N–H and O–H groups in total. The van der Waals surface area contributed by atoms with Crippen molar-refractivity contribution in [2.75, 3.05) is 33.5 Å². The molecule has 104 valence electrons. The van der Waals surface area contributed by atoms with E-state index in [1.165, 1.54) is 13.2 Å². The number of anilines is 1. The second-order valence-corrected chi connectivity index (χ2v) is 4.52. The van der Waals surface area contributed by atoms with Crippen LogP contribution in [-0.2, 0) is 0 Å². The van der Waals surface area contributed by atoms with Crippen molar-refractivity contribution in [3.8, 4) is 5.75 Å². The lowest BCUT2D eigenvalue weighted by atomic mass is 10.0. The van der Waals surface area contributed by atoms with Crippen molar-refractivity contribution in [2.24, 2.45) is 0 Å². The zero-order valence-electron chi connectivity index (χ0n) is 11.6. The molecule has 0 atom stereocenters. The number of hydrogen-bond donors (Lipinski definition) is 1. The van der Waals surface area contributed by atoms with E-state index in [1.807, 2.05) is 32.0 Å². The Labute approximate surface area is 112 Å². The van der Waals surface area contributed by atoms with Crippen LogP contribution < -0.4 is 10.5 Å². The van der Waals surface area contributed by atoms with Gasteiger partial charge >= 0.3 is 0 Å². The zero-order valence-corrected chi connectivity index (χ0v) is 11.6. The van der Waals surface area contributed by atoms with Crippen LogP contribution in [0.5, 0.6) is 5.75 Å². The number of benzene rings is 1. The van der Waals surface area contributed by atoms with Gasteiger partial charge in [0.1, 0.15) is 5.75 Å². The van der Waals surface area contributed by atoms with Gasteiger partial charge in [-0.3, -0.25) is 10.1 Å². The average molecular weight is 265 g/mol. The number of nitro groups is 1. The van der Waals surface area contributed by atoms with E-state index in [0.717, 1.165) is 5.57 Å². The minimum absolute atomic E-state index is 0.00851. The molecular formula is C13H19N3O3. The Kier molecular flexibility index (Phi) is 4.88. The van der Waals surface area contributed by atoms with Gasteiger partial charge in [0.25, 0.3) is 5.69 Å². The summed E-state index contributed by atoms with van der Waals surface area (Å²) >= 11 is 0. The van der Waals surface area contributed by atoms with Gasteiger partial charge in [-0.15, -0.1) is 0 Å². The van der Waals surface area contributed by atoms with Crippen LogP contribution in [0, 0.1) is 10.1 Å². The molecule has 0 aliphatic carbocycles. The lowest BCUT2D eigenvalue weighted by Gasteiger charge is -2.10. The minimum atomic E-state index is -0.432. The maximum Gasteiger partial charge on any atom is 0.279 e. The second-order valence-electron chi connectivity index (χ2n) is 4.52. The summed E-state index contributed by atoms with van der Waals surface area (Å²) in [5.74, 6) is 0.443. The Morgan fingerprint density at radius 2 is 2.16 bits per heavy atom. The molecule has 19 heavy (non-hydrogen) atoms. The lowest BCUT2D eigenvalue weighted by Crippen LogP contribution is -2.11. The molecule has 1 aromatic carbocycles. The van der Waals surface area contributed by atoms with Gasteiger partial charge in [0.15, 0.2) is 0 Å². The molecule has 0 radical (unpaired) electrons. The smallest absolute Gasteiger partial charge is 0.279 e. The fraction of sp³-hybridized carbons (Fsp3) is 0.385. The van der Waals surface area contributed by atoms with E-state index in [9.17, 15) is 10.1 Å². The third-order valence-electron chi connectivity index (χ3n) is 2.73. The van der Waals surface area contributed by atoms with Crippen molar-refractivity contribution in [3.63, 3.8) is 0 Å². The number of hydrogen-bond acceptors (Lipinski definition) is 5. The Balaban J connectivity index is 3.30. The summed E-state index contributed by atoms with van der Waals surface area (Å²) in [6.07, 6.45) is 1.93. The van der Waals surface area contributed by atoms with Gasteiger partial charge in [-0.25, -0.2) is 0 Å². The number of allylic oxidation sites excluding steroid dienone is 1. The van der Waals surface area contributed by atoms with Crippen molar-refractivity contribution in [3.05, 3.63) is 33.9 Å². The highest BCUT2D eigenvalue weighted by atomic mass is 16.6. The number of methoxy groups -OCH3 is 1. The van der Waals surface area contributed by atoms with Crippen LogP contribution in [0.1, 0.15) is 12.5 Å². The van der Waals surface area contributed by atoms with E-state index in [1.54, 1.807) is 6.07 Å². The quantitative estimate of drug-likeness (QED) is 0.501. The summed E-state index contributed by atoms with van der Waals surface area (Å²) < 4.78 is 5.11. The maximum absolute atomic E-state index is 11.1. The Hall–Kier alpha value is -2.08. The zero-order chi connectivity index (χ0) is 14.6. The second kappa shape index (κ2) is 6.19. The molecule has 0 fully saturated rings. The number of nitrogens with zero attached hydrogens (tertiary/aromatic N) is 2. The Morgan fingerprint density at radius 3 is 2.63 bits per heavy atom. The van der Waals surface area contributed by atoms with E-state index in [-0.39, 0.29) is 11.4 Å². The van der Waals surface area contributed by atoms with E-state index < -0.39 is 4.92 Å². The van der Waals surface area contributed by atoms with E-state index in [4.69, 9.17) is 10.5 Å². The monoisotopic (exact) mass is 265 g/mol. The van der Waals surface area contributed by atoms with Gasteiger partial charge in [-0.2, -0.15) is 0 Å². The molecule has 0 spiro atoms. The van der Waals surface area contributed by atoms with E-state index in [0.29, 0.717) is 17.9 Å². The van der Waals surface area contributed by atoms with Crippen LogP contribution in [0.15, 0.2) is 18.2 Å². The minimum Gasteiger partial charge on any atom is -0.495 e. The molecule has 0 heterocycles. The molecule has 0 amide bonds. The van der Waals surface area contributed by atoms with E-state index in [2.05, 4.69) is 0 Å². The van der Waals surface area contributed by atoms with E-state index >= 15 is 0 Å². The summed E-state index contributed by atoms with van der Waals surface area (Å²) in [5, 5.41) is 11.1. The topological polar surface area (TPSA) is 81.6 Å². The first-order chi connectivity index (χ1) is 8.86. The largest absolute Gasteiger partial charge is 0.495 e. The van der Waals surface area contributed by atoms with Crippen molar-refractivity contribution < 1.29 is 9.66 Å². The van der Waals surface area contributed by atoms with Crippen LogP contribution >= 0.6 is 0 Å². The molecule has 0 saturated carbocycles. The Bertz CT molecular complexity index is 510. The molecule has 6 nitrogen and oxygen atoms in total. The fourth-order valence-electron chi connectivity index (χ4n) is 1.66. The highest BCUT2D eigenvalue weighted by molar-refractivity contribution is 5.77. The number of nitrogen functional groups attached to an aromatic ring is 1. The van der Waals surface area contributed by atoms with Crippen molar-refractivity contribution in [1.82, 2.24) is 4.90 Å². The summed E-state index contributed by atoms with van der Waals surface area (Å²) in [6, 6.07) is 2.94. The van der Waals surface area contributed by atoms with Crippen LogP contribution in [-0.4, -0.2) is 37.6 Å². The predicted octanol–water partition coefficient (Wildman–Crippen LogP) is 2.15. The Morgan fingerprint density at radius 1 is 1.53 bits per heavy atom. The highest BCUT2D eigenvalue weighted by Crippen LogP contribution is 2.34. The summed E-state index contributed by atoms with van der Waals surface area (Å²) in [6.45, 7) is 2.54. The first kappa shape index (κ1) is 15.0. The SMILES string of the molecule is COc1cc(/C(C)=C/CN(C)C)c([N+](=O)[O-])cc1N. The normalized spacial score (nSPS) is 11.7. The van der Waals surface area contributed by atoms with Crippen LogP contribution in [0.4, 0.5) is 11.4 Å². The van der Waals surface area contributed by atoms with Crippen molar-refractivity contribution >= 4 is 16.9 Å². The van der Waals surface area contributed by atoms with Gasteiger partial charge in [-0.1, -0.05) is 6.08 Å². The van der Waals surface area contributed by atoms with Gasteiger partial charge in [-0.05, 0) is 32.7 Å². The third-order valence-corrected chi connectivity index (χ3v) is 2.73. The van der Waals surface area contributed by atoms with Crippen LogP contribution in [0.2, 0.25) is 0 Å². The summed E-state index contributed by atoms with van der Waals surface area (Å²) in [4.78, 5) is 12.6. The molecule has 0 saturated heterocycles. The summed E-state index contributed by atoms with van der Waals surface area (Å²) in [7, 11) is 5.35. The fourth-order valence-corrected chi connectivity index (χ4v) is 1.66. The average Bonchev–Trinajstić information content (AvgIpc) is 2.35. The maximum atomic E-state index is 11.1. The number of likely N-dealkylation sites (N-methyl/N-ethyl adjacent to an activating group) is 1. The van der Waals surface area contributed by atoms with Gasteiger partial charge in [0, 0.05) is 12.6 Å². The summed E-state index contributed by atoms with van der Waals surface area (Å²) in [5.41, 5.74) is 7.30. The van der Waals surface area contributed by atoms with Gasteiger partial charge < -0.3 is 15.4 Å². The predicted molar refractivity (Wildman–Crippen MR) is 76.3 cm³/mol. The first-order valence-electron chi connectivity index (χ1n) is 5.80. The number of rotatable bonds is 5. The van der Waals surface area contributed by atoms with Crippen LogP contribution in [0.3, 0.4) is 0 Å². The van der Waals surface area contributed by atoms with Crippen molar-refractivity contribution in [1.29, 1.82) is 0 Å². The van der Waals surface area contributed by atoms with Gasteiger partial charge in [0.2, 0.25) is 0 Å². The molecular weight excluding hydrogens is 246 g/mol. The molecule has 1 aromatic rings. The van der Waals surface area contributed by atoms with Crippen LogP contribution in [0.25, 0.3) is 5.57 Å². The molecule has 1 rings (SSSR count). The number of nitrogens with two attached hydrogens (primary N) is 1. The molecule has 0 bridgehead atoms.